The van der Waals surface area contributed by atoms with Crippen LogP contribution in [-0.2, 0) is 9.47 Å². The van der Waals surface area contributed by atoms with Crippen LogP contribution in [0.3, 0.4) is 0 Å². The first-order valence-electron chi connectivity index (χ1n) is 7.72. The number of hydrogen-bond acceptors (Lipinski definition) is 2. The van der Waals surface area contributed by atoms with Crippen molar-refractivity contribution in [3.8, 4) is 0 Å². The lowest BCUT2D eigenvalue weighted by Gasteiger charge is -2.12. The van der Waals surface area contributed by atoms with Gasteiger partial charge in [0.2, 0.25) is 0 Å². The van der Waals surface area contributed by atoms with Gasteiger partial charge in [-0.15, -0.1) is 0 Å². The van der Waals surface area contributed by atoms with Crippen LogP contribution in [-0.4, -0.2) is 20.5 Å². The summed E-state index contributed by atoms with van der Waals surface area (Å²) < 4.78 is 10.3. The Labute approximate surface area is 119 Å². The molecular weight excluding hydrogens is 236 g/mol. The second-order valence-electron chi connectivity index (χ2n) is 4.86. The first-order valence-corrected chi connectivity index (χ1v) is 7.72. The average molecular weight is 268 g/mol. The van der Waals surface area contributed by atoms with Crippen molar-refractivity contribution < 1.29 is 9.47 Å². The van der Waals surface area contributed by atoms with Gasteiger partial charge in [0, 0.05) is 14.2 Å². The molecule has 0 amide bonds. The maximum absolute atomic E-state index is 5.16. The van der Waals surface area contributed by atoms with Gasteiger partial charge in [-0.1, -0.05) is 56.9 Å². The molecule has 0 rings (SSSR count). The monoisotopic (exact) mass is 268 g/mol. The molecule has 2 nitrogen and oxygen atoms in total. The summed E-state index contributed by atoms with van der Waals surface area (Å²) in [5.41, 5.74) is 0. The molecule has 0 aliphatic rings. The van der Waals surface area contributed by atoms with Crippen LogP contribution in [0, 0.1) is 0 Å². The highest BCUT2D eigenvalue weighted by atomic mass is 16.7. The van der Waals surface area contributed by atoms with Crippen LogP contribution in [0.15, 0.2) is 24.3 Å². The lowest BCUT2D eigenvalue weighted by Crippen LogP contribution is -2.12. The van der Waals surface area contributed by atoms with Crippen molar-refractivity contribution in [2.45, 2.75) is 71.0 Å². The first kappa shape index (κ1) is 18.4. The summed E-state index contributed by atoms with van der Waals surface area (Å²) in [6.45, 7) is 2.16. The highest BCUT2D eigenvalue weighted by Crippen LogP contribution is 2.11. The zero-order valence-electron chi connectivity index (χ0n) is 13.1. The Morgan fingerprint density at radius 3 is 2.00 bits per heavy atom. The Morgan fingerprint density at radius 1 is 0.789 bits per heavy atom. The van der Waals surface area contributed by atoms with Gasteiger partial charge in [0.15, 0.2) is 6.29 Å². The maximum atomic E-state index is 5.16. The van der Waals surface area contributed by atoms with Crippen LogP contribution in [0.25, 0.3) is 0 Å². The molecule has 0 atom stereocenters. The summed E-state index contributed by atoms with van der Waals surface area (Å²) in [4.78, 5) is 0. The van der Waals surface area contributed by atoms with Crippen LogP contribution in [0.5, 0.6) is 0 Å². The molecule has 0 spiro atoms. The minimum absolute atomic E-state index is 0.0127. The molecule has 112 valence electrons. The third-order valence-corrected chi connectivity index (χ3v) is 3.21. The Morgan fingerprint density at radius 2 is 1.37 bits per heavy atom. The Balaban J connectivity index is 3.19. The second-order valence-corrected chi connectivity index (χ2v) is 4.86. The molecule has 0 fully saturated rings. The minimum Gasteiger partial charge on any atom is -0.356 e. The SMILES string of the molecule is CCC=CC=CCCCCCCCCC(OC)OC. The normalized spacial score (nSPS) is 12.2. The lowest BCUT2D eigenvalue weighted by atomic mass is 10.1. The second kappa shape index (κ2) is 15.5. The summed E-state index contributed by atoms with van der Waals surface area (Å²) in [5.74, 6) is 0. The van der Waals surface area contributed by atoms with Gasteiger partial charge in [0.05, 0.1) is 0 Å². The molecule has 0 unspecified atom stereocenters. The fourth-order valence-electron chi connectivity index (χ4n) is 2.00. The van der Waals surface area contributed by atoms with Gasteiger partial charge in [-0.2, -0.15) is 0 Å². The van der Waals surface area contributed by atoms with Crippen LogP contribution < -0.4 is 0 Å². The van der Waals surface area contributed by atoms with E-state index in [0.29, 0.717) is 0 Å². The maximum Gasteiger partial charge on any atom is 0.156 e. The van der Waals surface area contributed by atoms with Crippen molar-refractivity contribution in [2.75, 3.05) is 14.2 Å². The van der Waals surface area contributed by atoms with Gasteiger partial charge >= 0.3 is 0 Å². The highest BCUT2D eigenvalue weighted by molar-refractivity contribution is 5.01. The van der Waals surface area contributed by atoms with Crippen molar-refractivity contribution >= 4 is 0 Å². The number of allylic oxidation sites excluding steroid dienone is 4. The zero-order valence-corrected chi connectivity index (χ0v) is 13.1. The van der Waals surface area contributed by atoms with E-state index in [1.807, 2.05) is 0 Å². The summed E-state index contributed by atoms with van der Waals surface area (Å²) in [5, 5.41) is 0. The minimum atomic E-state index is -0.0127. The number of methoxy groups -OCH3 is 2. The smallest absolute Gasteiger partial charge is 0.156 e. The van der Waals surface area contributed by atoms with Crippen molar-refractivity contribution in [1.29, 1.82) is 0 Å². The molecule has 0 aromatic rings. The van der Waals surface area contributed by atoms with E-state index >= 15 is 0 Å². The fraction of sp³-hybridized carbons (Fsp3) is 0.765. The molecule has 0 aliphatic carbocycles. The molecule has 0 radical (unpaired) electrons. The van der Waals surface area contributed by atoms with E-state index in [1.54, 1.807) is 14.2 Å². The van der Waals surface area contributed by atoms with Crippen molar-refractivity contribution in [1.82, 2.24) is 0 Å². The van der Waals surface area contributed by atoms with E-state index in [4.69, 9.17) is 9.47 Å². The first-order chi connectivity index (χ1) is 9.35. The topological polar surface area (TPSA) is 18.5 Å². The Kier molecular flexibility index (Phi) is 15.0. The highest BCUT2D eigenvalue weighted by Gasteiger charge is 2.03. The molecule has 0 aromatic carbocycles. The van der Waals surface area contributed by atoms with Gasteiger partial charge in [-0.3, -0.25) is 0 Å². The fourth-order valence-corrected chi connectivity index (χ4v) is 2.00. The van der Waals surface area contributed by atoms with Crippen molar-refractivity contribution in [3.05, 3.63) is 24.3 Å². The molecule has 2 heteroatoms. The van der Waals surface area contributed by atoms with Crippen LogP contribution in [0.4, 0.5) is 0 Å². The van der Waals surface area contributed by atoms with E-state index in [9.17, 15) is 0 Å². The van der Waals surface area contributed by atoms with Gasteiger partial charge in [0.25, 0.3) is 0 Å². The number of rotatable bonds is 13. The van der Waals surface area contributed by atoms with Crippen molar-refractivity contribution in [3.63, 3.8) is 0 Å². The predicted octanol–water partition coefficient (Wildman–Crippen LogP) is 5.25. The van der Waals surface area contributed by atoms with Crippen LogP contribution in [0.1, 0.15) is 64.7 Å². The molecule has 0 heterocycles. The predicted molar refractivity (Wildman–Crippen MR) is 83.3 cm³/mol. The van der Waals surface area contributed by atoms with Crippen LogP contribution in [0.2, 0.25) is 0 Å². The molecule has 19 heavy (non-hydrogen) atoms. The summed E-state index contributed by atoms with van der Waals surface area (Å²) in [6.07, 6.45) is 19.9. The summed E-state index contributed by atoms with van der Waals surface area (Å²) in [7, 11) is 3.41. The number of ether oxygens (including phenoxy) is 2. The molecular formula is C17H32O2. The number of hydrogen-bond donors (Lipinski definition) is 0. The van der Waals surface area contributed by atoms with Crippen molar-refractivity contribution in [2.24, 2.45) is 0 Å². The van der Waals surface area contributed by atoms with Gasteiger partial charge in [-0.25, -0.2) is 0 Å². The largest absolute Gasteiger partial charge is 0.356 e. The lowest BCUT2D eigenvalue weighted by molar-refractivity contribution is -0.107. The van der Waals surface area contributed by atoms with Crippen LogP contribution >= 0.6 is 0 Å². The Bertz CT molecular complexity index is 217. The van der Waals surface area contributed by atoms with E-state index in [-0.39, 0.29) is 6.29 Å². The van der Waals surface area contributed by atoms with E-state index in [1.165, 1.54) is 44.9 Å². The Hall–Kier alpha value is -0.600. The molecule has 0 aliphatic heterocycles. The molecule has 0 bridgehead atoms. The third-order valence-electron chi connectivity index (χ3n) is 3.21. The van der Waals surface area contributed by atoms with E-state index < -0.39 is 0 Å². The average Bonchev–Trinajstić information content (AvgIpc) is 2.44. The number of unbranched alkanes of at least 4 members (excludes halogenated alkanes) is 6. The van der Waals surface area contributed by atoms with E-state index in [0.717, 1.165) is 12.8 Å². The van der Waals surface area contributed by atoms with Gasteiger partial charge < -0.3 is 9.47 Å². The zero-order chi connectivity index (χ0) is 14.2. The van der Waals surface area contributed by atoms with Gasteiger partial charge in [-0.05, 0) is 32.1 Å². The third kappa shape index (κ3) is 13.6. The van der Waals surface area contributed by atoms with Gasteiger partial charge in [0.1, 0.15) is 0 Å². The standard InChI is InChI=1S/C17H32O2/c1-4-5-6-7-8-9-10-11-12-13-14-15-16-17(18-2)19-3/h5-8,17H,4,9-16H2,1-3H3. The van der Waals surface area contributed by atoms with E-state index in [2.05, 4.69) is 31.2 Å². The summed E-state index contributed by atoms with van der Waals surface area (Å²) in [6, 6.07) is 0. The molecule has 0 N–H and O–H groups in total. The molecule has 0 aromatic heterocycles. The molecule has 0 saturated carbocycles. The molecule has 0 saturated heterocycles. The quantitative estimate of drug-likeness (QED) is 0.258. The summed E-state index contributed by atoms with van der Waals surface area (Å²) >= 11 is 0.